The lowest BCUT2D eigenvalue weighted by Crippen LogP contribution is -2.53. The summed E-state index contributed by atoms with van der Waals surface area (Å²) in [6.07, 6.45) is 3.99. The van der Waals surface area contributed by atoms with Crippen LogP contribution in [0.25, 0.3) is 0 Å². The van der Waals surface area contributed by atoms with Gasteiger partial charge in [-0.25, -0.2) is 0 Å². The first-order valence-corrected chi connectivity index (χ1v) is 7.20. The lowest BCUT2D eigenvalue weighted by atomic mass is 10.0. The van der Waals surface area contributed by atoms with E-state index in [9.17, 15) is 4.79 Å². The van der Waals surface area contributed by atoms with Crippen molar-refractivity contribution in [1.82, 2.24) is 14.7 Å². The molecule has 1 radical (unpaired) electrons. The van der Waals surface area contributed by atoms with Crippen molar-refractivity contribution in [2.45, 2.75) is 31.7 Å². The third kappa shape index (κ3) is 3.45. The van der Waals surface area contributed by atoms with E-state index in [4.69, 9.17) is 0 Å². The molecule has 2 aliphatic rings. The lowest BCUT2D eigenvalue weighted by Gasteiger charge is -2.41. The Balaban J connectivity index is 1.87. The van der Waals surface area contributed by atoms with Gasteiger partial charge in [0.15, 0.2) is 0 Å². The average Bonchev–Trinajstić information content (AvgIpc) is 2.41. The molecule has 0 N–H and O–H groups in total. The molecular weight excluding hydrogens is 226 g/mol. The predicted octanol–water partition coefficient (Wildman–Crippen LogP) is 0.839. The molecule has 2 fully saturated rings. The van der Waals surface area contributed by atoms with Gasteiger partial charge in [-0.05, 0) is 33.2 Å². The Labute approximate surface area is 111 Å². The van der Waals surface area contributed by atoms with E-state index >= 15 is 0 Å². The number of hydrogen-bond acceptors (Lipinski definition) is 3. The van der Waals surface area contributed by atoms with Crippen molar-refractivity contribution in [1.29, 1.82) is 0 Å². The summed E-state index contributed by atoms with van der Waals surface area (Å²) in [6, 6.07) is 0.427. The summed E-state index contributed by atoms with van der Waals surface area (Å²) in [4.78, 5) is 18.9. The molecule has 0 spiro atoms. The molecule has 2 heterocycles. The maximum Gasteiger partial charge on any atom is 0.222 e. The zero-order valence-electron chi connectivity index (χ0n) is 11.6. The molecule has 4 heteroatoms. The van der Waals surface area contributed by atoms with Crippen molar-refractivity contribution >= 4 is 5.91 Å². The van der Waals surface area contributed by atoms with E-state index in [-0.39, 0.29) is 5.91 Å². The molecule has 18 heavy (non-hydrogen) atoms. The van der Waals surface area contributed by atoms with E-state index in [2.05, 4.69) is 28.7 Å². The fraction of sp³-hybridized carbons (Fsp3) is 0.857. The second-order valence-electron chi connectivity index (χ2n) is 5.59. The molecule has 1 amide bonds. The van der Waals surface area contributed by atoms with Gasteiger partial charge in [-0.3, -0.25) is 9.69 Å². The van der Waals surface area contributed by atoms with E-state index in [0.29, 0.717) is 12.5 Å². The summed E-state index contributed by atoms with van der Waals surface area (Å²) < 4.78 is 0. The third-order valence-electron chi connectivity index (χ3n) is 4.23. The van der Waals surface area contributed by atoms with Crippen LogP contribution in [0.4, 0.5) is 0 Å². The van der Waals surface area contributed by atoms with Crippen molar-refractivity contribution in [3.63, 3.8) is 0 Å². The average molecular weight is 252 g/mol. The summed E-state index contributed by atoms with van der Waals surface area (Å²) in [5, 5.41) is 0. The maximum absolute atomic E-state index is 11.9. The van der Waals surface area contributed by atoms with Crippen LogP contribution in [0.5, 0.6) is 0 Å². The molecule has 2 rings (SSSR count). The van der Waals surface area contributed by atoms with Gasteiger partial charge in [-0.1, -0.05) is 0 Å². The Morgan fingerprint density at radius 1 is 1.17 bits per heavy atom. The second kappa shape index (κ2) is 6.53. The Hall–Kier alpha value is -0.610. The standard InChI is InChI=1S/C14H26N3O/c1-3-14(18)17-7-5-4-6-13(17)12-16-10-8-15(2)9-11-16/h13H,1,3-12H2,2H3. The maximum atomic E-state index is 11.9. The van der Waals surface area contributed by atoms with Crippen molar-refractivity contribution in [2.75, 3.05) is 46.3 Å². The van der Waals surface area contributed by atoms with E-state index in [0.717, 1.165) is 52.1 Å². The van der Waals surface area contributed by atoms with Gasteiger partial charge in [0.2, 0.25) is 5.91 Å². The first kappa shape index (κ1) is 13.8. The highest BCUT2D eigenvalue weighted by molar-refractivity contribution is 5.77. The zero-order valence-corrected chi connectivity index (χ0v) is 11.6. The molecule has 2 aliphatic heterocycles. The monoisotopic (exact) mass is 252 g/mol. The van der Waals surface area contributed by atoms with Crippen molar-refractivity contribution in [3.8, 4) is 0 Å². The van der Waals surface area contributed by atoms with Gasteiger partial charge in [0.25, 0.3) is 0 Å². The highest BCUT2D eigenvalue weighted by atomic mass is 16.2. The molecule has 0 saturated carbocycles. The molecule has 1 atom stereocenters. The quantitative estimate of drug-likeness (QED) is 0.745. The number of nitrogens with zero attached hydrogens (tertiary/aromatic N) is 3. The van der Waals surface area contributed by atoms with Gasteiger partial charge in [0, 0.05) is 51.7 Å². The Morgan fingerprint density at radius 2 is 1.89 bits per heavy atom. The van der Waals surface area contributed by atoms with Crippen molar-refractivity contribution < 1.29 is 4.79 Å². The van der Waals surface area contributed by atoms with Crippen LogP contribution >= 0.6 is 0 Å². The minimum atomic E-state index is 0.230. The van der Waals surface area contributed by atoms with Crippen LogP contribution < -0.4 is 0 Å². The molecule has 0 bridgehead atoms. The normalized spacial score (nSPS) is 27.4. The highest BCUT2D eigenvalue weighted by Crippen LogP contribution is 2.19. The Morgan fingerprint density at radius 3 is 2.56 bits per heavy atom. The van der Waals surface area contributed by atoms with Crippen molar-refractivity contribution in [3.05, 3.63) is 6.92 Å². The van der Waals surface area contributed by atoms with Crippen LogP contribution in [-0.2, 0) is 4.79 Å². The number of hydrogen-bond donors (Lipinski definition) is 0. The van der Waals surface area contributed by atoms with E-state index in [1.165, 1.54) is 6.42 Å². The van der Waals surface area contributed by atoms with Gasteiger partial charge in [0.05, 0.1) is 0 Å². The van der Waals surface area contributed by atoms with Gasteiger partial charge in [0.1, 0.15) is 0 Å². The zero-order chi connectivity index (χ0) is 13.0. The van der Waals surface area contributed by atoms with Crippen LogP contribution in [0.1, 0.15) is 25.7 Å². The van der Waals surface area contributed by atoms with Gasteiger partial charge in [-0.15, -0.1) is 0 Å². The summed E-state index contributed by atoms with van der Waals surface area (Å²) in [7, 11) is 2.18. The number of piperidine rings is 1. The first-order chi connectivity index (χ1) is 8.70. The fourth-order valence-corrected chi connectivity index (χ4v) is 2.99. The number of rotatable bonds is 3. The molecule has 2 saturated heterocycles. The highest BCUT2D eigenvalue weighted by Gasteiger charge is 2.28. The summed E-state index contributed by atoms with van der Waals surface area (Å²) in [5.74, 6) is 0.230. The topological polar surface area (TPSA) is 26.8 Å². The first-order valence-electron chi connectivity index (χ1n) is 7.20. The molecule has 0 aromatic carbocycles. The molecule has 4 nitrogen and oxygen atoms in total. The van der Waals surface area contributed by atoms with Gasteiger partial charge < -0.3 is 9.80 Å². The van der Waals surface area contributed by atoms with Gasteiger partial charge >= 0.3 is 0 Å². The Kier molecular flexibility index (Phi) is 5.01. The lowest BCUT2D eigenvalue weighted by molar-refractivity contribution is -0.134. The van der Waals surface area contributed by atoms with Crippen LogP contribution in [0, 0.1) is 6.92 Å². The van der Waals surface area contributed by atoms with E-state index in [1.807, 2.05) is 0 Å². The molecule has 1 unspecified atom stereocenters. The number of likely N-dealkylation sites (N-methyl/N-ethyl adjacent to an activating group) is 1. The van der Waals surface area contributed by atoms with Crippen molar-refractivity contribution in [2.24, 2.45) is 0 Å². The molecule has 103 valence electrons. The SMILES string of the molecule is [CH2]CC(=O)N1CCCCC1CN1CCN(C)CC1. The summed E-state index contributed by atoms with van der Waals surface area (Å²) in [6.45, 7) is 10.3. The van der Waals surface area contributed by atoms with Crippen LogP contribution in [-0.4, -0.2) is 73.0 Å². The minimum absolute atomic E-state index is 0.230. The fourth-order valence-electron chi connectivity index (χ4n) is 2.99. The summed E-state index contributed by atoms with van der Waals surface area (Å²) >= 11 is 0. The molecule has 0 aliphatic carbocycles. The van der Waals surface area contributed by atoms with Gasteiger partial charge in [-0.2, -0.15) is 0 Å². The molecule has 0 aromatic rings. The van der Waals surface area contributed by atoms with E-state index in [1.54, 1.807) is 0 Å². The van der Waals surface area contributed by atoms with Crippen LogP contribution in [0.2, 0.25) is 0 Å². The largest absolute Gasteiger partial charge is 0.338 e. The van der Waals surface area contributed by atoms with E-state index < -0.39 is 0 Å². The third-order valence-corrected chi connectivity index (χ3v) is 4.23. The second-order valence-corrected chi connectivity index (χ2v) is 5.59. The minimum Gasteiger partial charge on any atom is -0.338 e. The molecule has 0 aromatic heterocycles. The number of carbonyl (C=O) groups excluding carboxylic acids is 1. The molecular formula is C14H26N3O. The number of amides is 1. The number of likely N-dealkylation sites (tertiary alicyclic amines) is 1. The number of piperazine rings is 1. The van der Waals surface area contributed by atoms with Crippen LogP contribution in [0.3, 0.4) is 0 Å². The number of carbonyl (C=O) groups is 1. The van der Waals surface area contributed by atoms with Crippen LogP contribution in [0.15, 0.2) is 0 Å². The summed E-state index contributed by atoms with van der Waals surface area (Å²) in [5.41, 5.74) is 0. The smallest absolute Gasteiger partial charge is 0.222 e. The Bertz CT molecular complexity index is 274. The predicted molar refractivity (Wildman–Crippen MR) is 73.3 cm³/mol.